The zero-order valence-electron chi connectivity index (χ0n) is 18.3. The Morgan fingerprint density at radius 3 is 2.38 bits per heavy atom. The number of benzene rings is 2. The minimum atomic E-state index is -0.374. The van der Waals surface area contributed by atoms with E-state index in [0.29, 0.717) is 23.7 Å². The monoisotopic (exact) mass is 434 g/mol. The summed E-state index contributed by atoms with van der Waals surface area (Å²) < 4.78 is 11.8. The Labute approximate surface area is 186 Å². The number of esters is 1. The first-order valence-electron chi connectivity index (χ1n) is 10.2. The third kappa shape index (κ3) is 5.78. The average Bonchev–Trinajstić information content (AvgIpc) is 3.15. The van der Waals surface area contributed by atoms with Gasteiger partial charge < -0.3 is 19.7 Å². The van der Waals surface area contributed by atoms with Crippen LogP contribution in [-0.4, -0.2) is 39.7 Å². The van der Waals surface area contributed by atoms with E-state index < -0.39 is 0 Å². The molecule has 0 amide bonds. The molecule has 0 radical (unpaired) electrons. The van der Waals surface area contributed by atoms with E-state index in [0.717, 1.165) is 16.7 Å². The van der Waals surface area contributed by atoms with E-state index in [1.807, 2.05) is 49.4 Å². The molecule has 0 unspecified atom stereocenters. The molecular formula is C25H26N2O5. The normalized spacial score (nSPS) is 11.3. The molecule has 32 heavy (non-hydrogen) atoms. The first-order valence-corrected chi connectivity index (χ1v) is 10.2. The third-order valence-corrected chi connectivity index (χ3v) is 4.73. The lowest BCUT2D eigenvalue weighted by Crippen LogP contribution is -2.15. The Morgan fingerprint density at radius 1 is 1.00 bits per heavy atom. The lowest BCUT2D eigenvalue weighted by molar-refractivity contribution is -0.144. The van der Waals surface area contributed by atoms with Crippen LogP contribution in [0.1, 0.15) is 35.0 Å². The molecule has 0 atom stereocenters. The maximum absolute atomic E-state index is 12.0. The van der Waals surface area contributed by atoms with Crippen molar-refractivity contribution in [1.29, 1.82) is 0 Å². The number of hydrogen-bond acceptors (Lipinski definition) is 6. The predicted octanol–water partition coefficient (Wildman–Crippen LogP) is 4.52. The van der Waals surface area contributed by atoms with Crippen molar-refractivity contribution >= 4 is 30.3 Å². The van der Waals surface area contributed by atoms with Crippen molar-refractivity contribution in [2.75, 3.05) is 13.7 Å². The number of aromatic hydroxyl groups is 2. The average molecular weight is 434 g/mol. The molecule has 0 aliphatic heterocycles. The minimum absolute atomic E-state index is 0.0153. The number of phenols is 2. The van der Waals surface area contributed by atoms with E-state index >= 15 is 0 Å². The van der Waals surface area contributed by atoms with Crippen molar-refractivity contribution in [2.45, 2.75) is 20.4 Å². The van der Waals surface area contributed by atoms with Gasteiger partial charge in [0.1, 0.15) is 12.3 Å². The van der Waals surface area contributed by atoms with Crippen molar-refractivity contribution in [3.8, 4) is 17.2 Å². The molecule has 0 aliphatic carbocycles. The molecule has 166 valence electrons. The van der Waals surface area contributed by atoms with E-state index in [1.165, 1.54) is 7.11 Å². The van der Waals surface area contributed by atoms with Crippen LogP contribution < -0.4 is 4.74 Å². The summed E-state index contributed by atoms with van der Waals surface area (Å²) in [5, 5.41) is 24.0. The third-order valence-electron chi connectivity index (χ3n) is 4.73. The lowest BCUT2D eigenvalue weighted by atomic mass is 10.1. The number of ether oxygens (including phenoxy) is 2. The second kappa shape index (κ2) is 10.3. The topological polar surface area (TPSA) is 93.8 Å². The largest absolute Gasteiger partial charge is 0.508 e. The highest BCUT2D eigenvalue weighted by Crippen LogP contribution is 2.27. The van der Waals surface area contributed by atoms with E-state index in [2.05, 4.69) is 5.10 Å². The number of rotatable bonds is 8. The van der Waals surface area contributed by atoms with Crippen LogP contribution >= 0.6 is 0 Å². The number of methoxy groups -OCH3 is 1. The van der Waals surface area contributed by atoms with E-state index in [1.54, 1.807) is 35.9 Å². The number of carbonyl (C=O) groups excluding carboxylic acids is 1. The van der Waals surface area contributed by atoms with Crippen LogP contribution in [0.4, 0.5) is 0 Å². The predicted molar refractivity (Wildman–Crippen MR) is 124 cm³/mol. The second-order valence-electron chi connectivity index (χ2n) is 7.10. The Bertz CT molecular complexity index is 1160. The van der Waals surface area contributed by atoms with Crippen LogP contribution in [-0.2, 0) is 16.1 Å². The molecule has 7 nitrogen and oxygen atoms in total. The first kappa shape index (κ1) is 22.7. The maximum Gasteiger partial charge on any atom is 0.327 e. The van der Waals surface area contributed by atoms with Crippen LogP contribution in [0.15, 0.2) is 42.5 Å². The van der Waals surface area contributed by atoms with Crippen LogP contribution in [0.5, 0.6) is 17.2 Å². The van der Waals surface area contributed by atoms with Gasteiger partial charge in [0.15, 0.2) is 11.5 Å². The highest BCUT2D eigenvalue weighted by atomic mass is 16.5. The molecular weight excluding hydrogens is 408 g/mol. The Kier molecular flexibility index (Phi) is 7.33. The van der Waals surface area contributed by atoms with Gasteiger partial charge in [0.2, 0.25) is 0 Å². The summed E-state index contributed by atoms with van der Waals surface area (Å²) in [6.07, 6.45) is 7.41. The number of nitrogens with zero attached hydrogens (tertiary/aromatic N) is 2. The van der Waals surface area contributed by atoms with Crippen molar-refractivity contribution in [3.63, 3.8) is 0 Å². The number of hydrogen-bond donors (Lipinski definition) is 2. The molecule has 0 saturated heterocycles. The highest BCUT2D eigenvalue weighted by molar-refractivity contribution is 5.75. The summed E-state index contributed by atoms with van der Waals surface area (Å²) >= 11 is 0. The van der Waals surface area contributed by atoms with Crippen molar-refractivity contribution in [1.82, 2.24) is 9.78 Å². The van der Waals surface area contributed by atoms with Crippen molar-refractivity contribution < 1.29 is 24.5 Å². The summed E-state index contributed by atoms with van der Waals surface area (Å²) in [4.78, 5) is 12.0. The summed E-state index contributed by atoms with van der Waals surface area (Å²) in [7, 11) is 1.49. The maximum atomic E-state index is 12.0. The number of carbonyl (C=O) groups is 1. The quantitative estimate of drug-likeness (QED) is 0.507. The molecule has 2 N–H and O–H groups in total. The van der Waals surface area contributed by atoms with Crippen molar-refractivity contribution in [3.05, 3.63) is 70.5 Å². The Balaban J connectivity index is 1.89. The van der Waals surface area contributed by atoms with Gasteiger partial charge in [-0.3, -0.25) is 9.48 Å². The van der Waals surface area contributed by atoms with E-state index in [-0.39, 0.29) is 24.0 Å². The smallest absolute Gasteiger partial charge is 0.327 e. The Hall–Kier alpha value is -4.00. The molecule has 0 bridgehead atoms. The molecule has 2 aromatic carbocycles. The fraction of sp³-hybridized carbons (Fsp3) is 0.200. The molecule has 0 fully saturated rings. The molecule has 0 spiro atoms. The van der Waals surface area contributed by atoms with Gasteiger partial charge in [-0.05, 0) is 73.0 Å². The fourth-order valence-electron chi connectivity index (χ4n) is 3.07. The molecule has 7 heteroatoms. The molecule has 3 rings (SSSR count). The van der Waals surface area contributed by atoms with Crippen LogP contribution in [0, 0.1) is 6.92 Å². The summed E-state index contributed by atoms with van der Waals surface area (Å²) in [6.45, 7) is 3.87. The minimum Gasteiger partial charge on any atom is -0.508 e. The fourth-order valence-corrected chi connectivity index (χ4v) is 3.07. The van der Waals surface area contributed by atoms with Gasteiger partial charge in [-0.1, -0.05) is 24.3 Å². The zero-order valence-corrected chi connectivity index (χ0v) is 18.3. The number of phenolic OH excluding ortho intramolecular Hbond substituents is 2. The van der Waals surface area contributed by atoms with Gasteiger partial charge in [-0.25, -0.2) is 0 Å². The van der Waals surface area contributed by atoms with Gasteiger partial charge in [-0.2, -0.15) is 5.10 Å². The van der Waals surface area contributed by atoms with Gasteiger partial charge in [-0.15, -0.1) is 0 Å². The molecule has 0 aliphatic rings. The second-order valence-corrected chi connectivity index (χ2v) is 7.10. The zero-order chi connectivity index (χ0) is 23.1. The Morgan fingerprint density at radius 2 is 1.69 bits per heavy atom. The van der Waals surface area contributed by atoms with E-state index in [9.17, 15) is 15.0 Å². The molecule has 0 saturated carbocycles. The summed E-state index contributed by atoms with van der Waals surface area (Å²) in [6, 6.07) is 12.2. The van der Waals surface area contributed by atoms with Crippen molar-refractivity contribution in [2.24, 2.45) is 0 Å². The summed E-state index contributed by atoms with van der Waals surface area (Å²) in [5.74, 6) is 0.314. The SMILES string of the molecule is CCOC(=O)Cn1nc(/C=C/c2ccc(O)c(C)c2)cc1/C=C/c1ccc(O)c(OC)c1. The van der Waals surface area contributed by atoms with Crippen LogP contribution in [0.2, 0.25) is 0 Å². The number of aromatic nitrogens is 2. The van der Waals surface area contributed by atoms with Crippen LogP contribution in [0.3, 0.4) is 0 Å². The standard InChI is InChI=1S/C25H26N2O5/c1-4-32-25(30)16-27-21(10-6-19-8-12-23(29)24(14-19)31-3)15-20(26-27)9-5-18-7-11-22(28)17(2)13-18/h5-15,28-29H,4,16H2,1-3H3/b9-5+,10-6+. The van der Waals surface area contributed by atoms with Gasteiger partial charge >= 0.3 is 5.97 Å². The van der Waals surface area contributed by atoms with Crippen LogP contribution in [0.25, 0.3) is 24.3 Å². The van der Waals surface area contributed by atoms with Gasteiger partial charge in [0.25, 0.3) is 0 Å². The van der Waals surface area contributed by atoms with Gasteiger partial charge in [0, 0.05) is 0 Å². The number of aryl methyl sites for hydroxylation is 1. The van der Waals surface area contributed by atoms with Gasteiger partial charge in [0.05, 0.1) is 25.1 Å². The van der Waals surface area contributed by atoms with E-state index in [4.69, 9.17) is 9.47 Å². The molecule has 1 aromatic heterocycles. The lowest BCUT2D eigenvalue weighted by Gasteiger charge is -2.05. The molecule has 1 heterocycles. The molecule has 3 aromatic rings. The first-order chi connectivity index (χ1) is 15.4. The summed E-state index contributed by atoms with van der Waals surface area (Å²) in [5.41, 5.74) is 3.91. The highest BCUT2D eigenvalue weighted by Gasteiger charge is 2.10.